The zero-order valence-corrected chi connectivity index (χ0v) is 18.2. The summed E-state index contributed by atoms with van der Waals surface area (Å²) in [5.41, 5.74) is 4.68. The van der Waals surface area contributed by atoms with Crippen molar-refractivity contribution in [2.45, 2.75) is 39.3 Å². The van der Waals surface area contributed by atoms with Crippen LogP contribution in [0.3, 0.4) is 0 Å². The smallest absolute Gasteiger partial charge is 0.319 e. The van der Waals surface area contributed by atoms with Crippen molar-refractivity contribution in [3.8, 4) is 0 Å². The van der Waals surface area contributed by atoms with Gasteiger partial charge in [0.25, 0.3) is 0 Å². The van der Waals surface area contributed by atoms with Crippen LogP contribution >= 0.6 is 0 Å². The quantitative estimate of drug-likeness (QED) is 0.513. The predicted molar refractivity (Wildman–Crippen MR) is 125 cm³/mol. The number of urea groups is 1. The van der Waals surface area contributed by atoms with Crippen LogP contribution in [-0.2, 0) is 11.2 Å². The molecule has 5 nitrogen and oxygen atoms in total. The first-order chi connectivity index (χ1) is 14.9. The van der Waals surface area contributed by atoms with Gasteiger partial charge in [0.15, 0.2) is 0 Å². The highest BCUT2D eigenvalue weighted by Gasteiger charge is 2.23. The van der Waals surface area contributed by atoms with Gasteiger partial charge < -0.3 is 16.0 Å². The summed E-state index contributed by atoms with van der Waals surface area (Å²) in [6.07, 6.45) is 0.397. The molecule has 2 unspecified atom stereocenters. The third-order valence-electron chi connectivity index (χ3n) is 5.28. The maximum absolute atomic E-state index is 13.1. The van der Waals surface area contributed by atoms with E-state index < -0.39 is 12.1 Å². The minimum absolute atomic E-state index is 0.171. The molecule has 3 aromatic rings. The Labute approximate surface area is 183 Å². The van der Waals surface area contributed by atoms with Crippen LogP contribution in [0.15, 0.2) is 78.9 Å². The fourth-order valence-corrected chi connectivity index (χ4v) is 3.52. The molecule has 3 amide bonds. The van der Waals surface area contributed by atoms with Gasteiger partial charge in [-0.15, -0.1) is 0 Å². The molecule has 160 valence electrons. The number of amides is 3. The molecule has 3 rings (SSSR count). The van der Waals surface area contributed by atoms with Crippen LogP contribution in [0.5, 0.6) is 0 Å². The van der Waals surface area contributed by atoms with Crippen molar-refractivity contribution in [2.24, 2.45) is 0 Å². The van der Waals surface area contributed by atoms with E-state index in [0.29, 0.717) is 6.42 Å². The van der Waals surface area contributed by atoms with Gasteiger partial charge in [0.2, 0.25) is 5.91 Å². The van der Waals surface area contributed by atoms with Crippen molar-refractivity contribution in [3.05, 3.63) is 101 Å². The summed E-state index contributed by atoms with van der Waals surface area (Å²) in [6.45, 7) is 5.82. The number of benzene rings is 3. The van der Waals surface area contributed by atoms with Crippen LogP contribution in [0.1, 0.15) is 35.2 Å². The Kier molecular flexibility index (Phi) is 7.44. The van der Waals surface area contributed by atoms with E-state index in [2.05, 4.69) is 16.0 Å². The van der Waals surface area contributed by atoms with Crippen LogP contribution in [-0.4, -0.2) is 18.0 Å². The average molecular weight is 416 g/mol. The fourth-order valence-electron chi connectivity index (χ4n) is 3.52. The first-order valence-electron chi connectivity index (χ1n) is 10.5. The van der Waals surface area contributed by atoms with Gasteiger partial charge in [-0.2, -0.15) is 0 Å². The summed E-state index contributed by atoms with van der Waals surface area (Å²) in [4.78, 5) is 25.9. The molecule has 0 saturated heterocycles. The van der Waals surface area contributed by atoms with E-state index in [1.165, 1.54) is 0 Å². The lowest BCUT2D eigenvalue weighted by molar-refractivity contribution is -0.123. The topological polar surface area (TPSA) is 70.2 Å². The summed E-state index contributed by atoms with van der Waals surface area (Å²) in [5.74, 6) is -0.225. The van der Waals surface area contributed by atoms with Gasteiger partial charge in [-0.25, -0.2) is 4.79 Å². The Bertz CT molecular complexity index is 999. The standard InChI is InChI=1S/C26H29N3O2/c1-18-11-10-12-19(2)24(18)29-26(31)28-23(17-21-13-6-4-7-14-21)25(30)27-20(3)22-15-8-5-9-16-22/h4-16,20,23H,17H2,1-3H3,(H,27,30)(H2,28,29,31). The SMILES string of the molecule is Cc1cccc(C)c1NC(=O)NC(Cc1ccccc1)C(=O)NC(C)c1ccccc1. The number of anilines is 1. The Balaban J connectivity index is 1.74. The van der Waals surface area contributed by atoms with Crippen LogP contribution in [0, 0.1) is 13.8 Å². The monoisotopic (exact) mass is 415 g/mol. The number of para-hydroxylation sites is 1. The molecule has 3 aromatic carbocycles. The zero-order valence-electron chi connectivity index (χ0n) is 18.2. The second-order valence-electron chi connectivity index (χ2n) is 7.75. The molecule has 5 heteroatoms. The second-order valence-corrected chi connectivity index (χ2v) is 7.75. The van der Waals surface area contributed by atoms with E-state index in [4.69, 9.17) is 0 Å². The Morgan fingerprint density at radius 1 is 0.774 bits per heavy atom. The Morgan fingerprint density at radius 3 is 1.97 bits per heavy atom. The van der Waals surface area contributed by atoms with E-state index in [0.717, 1.165) is 27.9 Å². The summed E-state index contributed by atoms with van der Waals surface area (Å²) in [7, 11) is 0. The molecular weight excluding hydrogens is 386 g/mol. The Morgan fingerprint density at radius 2 is 1.35 bits per heavy atom. The van der Waals surface area contributed by atoms with Crippen molar-refractivity contribution in [1.29, 1.82) is 0 Å². The lowest BCUT2D eigenvalue weighted by Gasteiger charge is -2.22. The fraction of sp³-hybridized carbons (Fsp3) is 0.231. The highest BCUT2D eigenvalue weighted by molar-refractivity contribution is 5.95. The van der Waals surface area contributed by atoms with Gasteiger partial charge in [0, 0.05) is 12.1 Å². The van der Waals surface area contributed by atoms with E-state index in [9.17, 15) is 9.59 Å². The van der Waals surface area contributed by atoms with Crippen molar-refractivity contribution >= 4 is 17.6 Å². The van der Waals surface area contributed by atoms with Gasteiger partial charge >= 0.3 is 6.03 Å². The van der Waals surface area contributed by atoms with Crippen LogP contribution in [0.25, 0.3) is 0 Å². The molecule has 0 aliphatic heterocycles. The maximum atomic E-state index is 13.1. The minimum atomic E-state index is -0.710. The largest absolute Gasteiger partial charge is 0.348 e. The molecule has 31 heavy (non-hydrogen) atoms. The lowest BCUT2D eigenvalue weighted by Crippen LogP contribution is -2.49. The van der Waals surface area contributed by atoms with Crippen molar-refractivity contribution in [3.63, 3.8) is 0 Å². The molecule has 3 N–H and O–H groups in total. The number of rotatable bonds is 7. The molecule has 0 bridgehead atoms. The normalized spacial score (nSPS) is 12.5. The summed E-state index contributed by atoms with van der Waals surface area (Å²) < 4.78 is 0. The average Bonchev–Trinajstić information content (AvgIpc) is 2.77. The first-order valence-corrected chi connectivity index (χ1v) is 10.5. The maximum Gasteiger partial charge on any atom is 0.319 e. The highest BCUT2D eigenvalue weighted by atomic mass is 16.2. The lowest BCUT2D eigenvalue weighted by atomic mass is 10.0. The number of carbonyl (C=O) groups is 2. The molecule has 0 spiro atoms. The van der Waals surface area contributed by atoms with Crippen LogP contribution in [0.4, 0.5) is 10.5 Å². The highest BCUT2D eigenvalue weighted by Crippen LogP contribution is 2.19. The second kappa shape index (κ2) is 10.4. The van der Waals surface area contributed by atoms with Gasteiger partial charge in [-0.3, -0.25) is 4.79 Å². The number of aryl methyl sites for hydroxylation is 2. The molecule has 2 atom stereocenters. The molecule has 0 heterocycles. The first kappa shape index (κ1) is 22.1. The predicted octanol–water partition coefficient (Wildman–Crippen LogP) is 4.91. The van der Waals surface area contributed by atoms with Crippen molar-refractivity contribution in [2.75, 3.05) is 5.32 Å². The van der Waals surface area contributed by atoms with Crippen molar-refractivity contribution < 1.29 is 9.59 Å². The van der Waals surface area contributed by atoms with Crippen molar-refractivity contribution in [1.82, 2.24) is 10.6 Å². The molecular formula is C26H29N3O2. The molecule has 0 aliphatic carbocycles. The third kappa shape index (κ3) is 6.19. The molecule has 0 fully saturated rings. The number of nitrogens with one attached hydrogen (secondary N) is 3. The zero-order chi connectivity index (χ0) is 22.2. The van der Waals surface area contributed by atoms with Gasteiger partial charge in [0.1, 0.15) is 6.04 Å². The summed E-state index contributed by atoms with van der Waals surface area (Å²) in [6, 6.07) is 24.0. The van der Waals surface area contributed by atoms with E-state index in [1.54, 1.807) is 0 Å². The minimum Gasteiger partial charge on any atom is -0.348 e. The van der Waals surface area contributed by atoms with Crippen LogP contribution < -0.4 is 16.0 Å². The molecule has 0 aromatic heterocycles. The number of carbonyl (C=O) groups excluding carboxylic acids is 2. The van der Waals surface area contributed by atoms with E-state index >= 15 is 0 Å². The molecule has 0 saturated carbocycles. The number of hydrogen-bond acceptors (Lipinski definition) is 2. The molecule has 0 aliphatic rings. The van der Waals surface area contributed by atoms with Gasteiger partial charge in [0.05, 0.1) is 6.04 Å². The van der Waals surface area contributed by atoms with Crippen LogP contribution in [0.2, 0.25) is 0 Å². The Hall–Kier alpha value is -3.60. The van der Waals surface area contributed by atoms with E-state index in [-0.39, 0.29) is 11.9 Å². The molecule has 0 radical (unpaired) electrons. The van der Waals surface area contributed by atoms with Gasteiger partial charge in [-0.05, 0) is 43.0 Å². The van der Waals surface area contributed by atoms with E-state index in [1.807, 2.05) is 99.6 Å². The number of hydrogen-bond donors (Lipinski definition) is 3. The third-order valence-corrected chi connectivity index (χ3v) is 5.28. The summed E-state index contributed by atoms with van der Waals surface area (Å²) >= 11 is 0. The summed E-state index contributed by atoms with van der Waals surface area (Å²) in [5, 5.41) is 8.79. The van der Waals surface area contributed by atoms with Gasteiger partial charge in [-0.1, -0.05) is 78.9 Å².